The zero-order chi connectivity index (χ0) is 15.2. The van der Waals surface area contributed by atoms with Crippen LogP contribution in [0, 0.1) is 6.92 Å². The fraction of sp³-hybridized carbons (Fsp3) is 0.267. The predicted octanol–water partition coefficient (Wildman–Crippen LogP) is 3.47. The highest BCUT2D eigenvalue weighted by Gasteiger charge is 2.09. The van der Waals surface area contributed by atoms with Crippen LogP contribution in [0.1, 0.15) is 24.1 Å². The summed E-state index contributed by atoms with van der Waals surface area (Å²) in [5, 5.41) is 13.3. The van der Waals surface area contributed by atoms with E-state index < -0.39 is 0 Å². The molecule has 0 fully saturated rings. The van der Waals surface area contributed by atoms with Crippen molar-refractivity contribution in [3.05, 3.63) is 52.3 Å². The highest BCUT2D eigenvalue weighted by atomic mass is 79.9. The molecule has 2 aromatic rings. The van der Waals surface area contributed by atoms with Gasteiger partial charge in [-0.2, -0.15) is 10.2 Å². The summed E-state index contributed by atoms with van der Waals surface area (Å²) in [5.41, 5.74) is 2.53. The van der Waals surface area contributed by atoms with Crippen molar-refractivity contribution in [2.24, 2.45) is 0 Å². The van der Waals surface area contributed by atoms with Gasteiger partial charge in [0.1, 0.15) is 0 Å². The minimum atomic E-state index is -0.241. The molecule has 0 aliphatic heterocycles. The number of urea groups is 1. The first-order valence-corrected chi connectivity index (χ1v) is 7.44. The molecule has 0 radical (unpaired) electrons. The van der Waals surface area contributed by atoms with Crippen LogP contribution in [0.3, 0.4) is 0 Å². The second-order valence-corrected chi connectivity index (χ2v) is 5.73. The Kier molecular flexibility index (Phi) is 5.27. The van der Waals surface area contributed by atoms with E-state index in [1.807, 2.05) is 24.3 Å². The van der Waals surface area contributed by atoms with Crippen LogP contribution in [0.15, 0.2) is 41.0 Å². The SMILES string of the molecule is Cc1nnccc1NC(=O)NCC(C)c1ccc(Br)cc1. The number of aryl methyl sites for hydroxylation is 1. The zero-order valence-electron chi connectivity index (χ0n) is 11.9. The molecule has 2 rings (SSSR count). The van der Waals surface area contributed by atoms with Crippen molar-refractivity contribution in [3.63, 3.8) is 0 Å². The summed E-state index contributed by atoms with van der Waals surface area (Å²) in [6.07, 6.45) is 1.55. The van der Waals surface area contributed by atoms with Gasteiger partial charge in [0.25, 0.3) is 0 Å². The summed E-state index contributed by atoms with van der Waals surface area (Å²) < 4.78 is 1.05. The molecule has 1 aromatic carbocycles. The third-order valence-corrected chi connectivity index (χ3v) is 3.69. The maximum Gasteiger partial charge on any atom is 0.319 e. The number of carbonyl (C=O) groups excluding carboxylic acids is 1. The van der Waals surface area contributed by atoms with Crippen molar-refractivity contribution in [2.75, 3.05) is 11.9 Å². The minimum Gasteiger partial charge on any atom is -0.337 e. The van der Waals surface area contributed by atoms with Crippen molar-refractivity contribution < 1.29 is 4.79 Å². The molecule has 1 unspecified atom stereocenters. The van der Waals surface area contributed by atoms with E-state index in [0.717, 1.165) is 4.47 Å². The average molecular weight is 349 g/mol. The topological polar surface area (TPSA) is 66.9 Å². The number of amides is 2. The lowest BCUT2D eigenvalue weighted by molar-refractivity contribution is 0.251. The van der Waals surface area contributed by atoms with Crippen molar-refractivity contribution >= 4 is 27.6 Å². The smallest absolute Gasteiger partial charge is 0.319 e. The third kappa shape index (κ3) is 4.53. The third-order valence-electron chi connectivity index (χ3n) is 3.16. The fourth-order valence-corrected chi connectivity index (χ4v) is 2.12. The first kappa shape index (κ1) is 15.4. The van der Waals surface area contributed by atoms with E-state index in [1.54, 1.807) is 19.2 Å². The van der Waals surface area contributed by atoms with E-state index in [9.17, 15) is 4.79 Å². The largest absolute Gasteiger partial charge is 0.337 e. The van der Waals surface area contributed by atoms with E-state index in [1.165, 1.54) is 5.56 Å². The van der Waals surface area contributed by atoms with Crippen molar-refractivity contribution in [2.45, 2.75) is 19.8 Å². The highest BCUT2D eigenvalue weighted by Crippen LogP contribution is 2.17. The van der Waals surface area contributed by atoms with Crippen LogP contribution in [0.25, 0.3) is 0 Å². The molecule has 1 aromatic heterocycles. The average Bonchev–Trinajstić information content (AvgIpc) is 2.48. The molecular weight excluding hydrogens is 332 g/mol. The first-order chi connectivity index (χ1) is 10.1. The number of nitrogens with one attached hydrogen (secondary N) is 2. The van der Waals surface area contributed by atoms with Gasteiger partial charge in [0.2, 0.25) is 0 Å². The summed E-state index contributed by atoms with van der Waals surface area (Å²) >= 11 is 3.41. The molecule has 1 heterocycles. The Morgan fingerprint density at radius 2 is 2.00 bits per heavy atom. The molecule has 0 aliphatic rings. The zero-order valence-corrected chi connectivity index (χ0v) is 13.5. The van der Waals surface area contributed by atoms with E-state index in [2.05, 4.69) is 43.7 Å². The van der Waals surface area contributed by atoms with Crippen molar-refractivity contribution in [3.8, 4) is 0 Å². The van der Waals surface area contributed by atoms with E-state index in [0.29, 0.717) is 17.9 Å². The number of halogens is 1. The standard InChI is InChI=1S/C15H17BrN4O/c1-10(12-3-5-13(16)6-4-12)9-17-15(21)19-14-7-8-18-20-11(14)2/h3-8,10H,9H2,1-2H3,(H2,17,18,19,21). The highest BCUT2D eigenvalue weighted by molar-refractivity contribution is 9.10. The van der Waals surface area contributed by atoms with Gasteiger partial charge in [-0.3, -0.25) is 0 Å². The number of hydrogen-bond donors (Lipinski definition) is 2. The van der Waals surface area contributed by atoms with Gasteiger partial charge in [-0.25, -0.2) is 4.79 Å². The molecule has 110 valence electrons. The second-order valence-electron chi connectivity index (χ2n) is 4.82. The summed E-state index contributed by atoms with van der Waals surface area (Å²) in [6, 6.07) is 9.57. The number of rotatable bonds is 4. The number of aromatic nitrogens is 2. The predicted molar refractivity (Wildman–Crippen MR) is 86.3 cm³/mol. The summed E-state index contributed by atoms with van der Waals surface area (Å²) in [5.74, 6) is 0.237. The Bertz CT molecular complexity index is 615. The lowest BCUT2D eigenvalue weighted by Gasteiger charge is -2.14. The molecule has 0 aliphatic carbocycles. The molecule has 1 atom stereocenters. The quantitative estimate of drug-likeness (QED) is 0.888. The summed E-state index contributed by atoms with van der Waals surface area (Å²) in [7, 11) is 0. The minimum absolute atomic E-state index is 0.237. The van der Waals surface area contributed by atoms with Gasteiger partial charge in [-0.05, 0) is 36.6 Å². The van der Waals surface area contributed by atoms with Crippen LogP contribution in [-0.2, 0) is 0 Å². The van der Waals surface area contributed by atoms with E-state index >= 15 is 0 Å². The first-order valence-electron chi connectivity index (χ1n) is 6.65. The Morgan fingerprint density at radius 3 is 2.67 bits per heavy atom. The van der Waals surface area contributed by atoms with Gasteiger partial charge < -0.3 is 10.6 Å². The number of nitrogens with zero attached hydrogens (tertiary/aromatic N) is 2. The normalized spacial score (nSPS) is 11.8. The summed E-state index contributed by atoms with van der Waals surface area (Å²) in [4.78, 5) is 11.9. The van der Waals surface area contributed by atoms with Crippen LogP contribution < -0.4 is 10.6 Å². The maximum absolute atomic E-state index is 11.9. The molecule has 0 spiro atoms. The van der Waals surface area contributed by atoms with Gasteiger partial charge in [-0.15, -0.1) is 0 Å². The molecule has 6 heteroatoms. The Balaban J connectivity index is 1.86. The maximum atomic E-state index is 11.9. The molecule has 0 saturated carbocycles. The van der Waals surface area contributed by atoms with Gasteiger partial charge >= 0.3 is 6.03 Å². The molecule has 5 nitrogen and oxygen atoms in total. The van der Waals surface area contributed by atoms with E-state index in [-0.39, 0.29) is 11.9 Å². The van der Waals surface area contributed by atoms with Crippen LogP contribution in [-0.4, -0.2) is 22.8 Å². The van der Waals surface area contributed by atoms with Gasteiger partial charge in [-0.1, -0.05) is 35.0 Å². The van der Waals surface area contributed by atoms with Crippen LogP contribution in [0.5, 0.6) is 0 Å². The van der Waals surface area contributed by atoms with Gasteiger partial charge in [0.05, 0.1) is 17.6 Å². The Morgan fingerprint density at radius 1 is 1.29 bits per heavy atom. The van der Waals surface area contributed by atoms with Crippen LogP contribution in [0.4, 0.5) is 10.5 Å². The number of benzene rings is 1. The molecule has 0 saturated heterocycles. The molecule has 2 amide bonds. The van der Waals surface area contributed by atoms with Crippen molar-refractivity contribution in [1.82, 2.24) is 15.5 Å². The van der Waals surface area contributed by atoms with Crippen LogP contribution in [0.2, 0.25) is 0 Å². The lowest BCUT2D eigenvalue weighted by atomic mass is 10.0. The lowest BCUT2D eigenvalue weighted by Crippen LogP contribution is -2.32. The monoisotopic (exact) mass is 348 g/mol. The molecule has 0 bridgehead atoms. The van der Waals surface area contributed by atoms with Crippen molar-refractivity contribution in [1.29, 1.82) is 0 Å². The Hall–Kier alpha value is -1.95. The molecule has 2 N–H and O–H groups in total. The summed E-state index contributed by atoms with van der Waals surface area (Å²) in [6.45, 7) is 4.43. The second kappa shape index (κ2) is 7.17. The number of anilines is 1. The molecular formula is C15H17BrN4O. The van der Waals surface area contributed by atoms with Gasteiger partial charge in [0, 0.05) is 11.0 Å². The van der Waals surface area contributed by atoms with E-state index in [4.69, 9.17) is 0 Å². The van der Waals surface area contributed by atoms with Crippen LogP contribution >= 0.6 is 15.9 Å². The fourth-order valence-electron chi connectivity index (χ4n) is 1.86. The number of hydrogen-bond acceptors (Lipinski definition) is 3. The molecule has 21 heavy (non-hydrogen) atoms. The van der Waals surface area contributed by atoms with Gasteiger partial charge in [0.15, 0.2) is 0 Å². The number of carbonyl (C=O) groups is 1. The Labute approximate surface area is 132 Å².